The predicted molar refractivity (Wildman–Crippen MR) is 122 cm³/mol. The van der Waals surface area contributed by atoms with E-state index in [-0.39, 0.29) is 5.91 Å². The molecule has 1 N–H and O–H groups in total. The predicted octanol–water partition coefficient (Wildman–Crippen LogP) is 4.90. The van der Waals surface area contributed by atoms with E-state index in [4.69, 9.17) is 4.42 Å². The van der Waals surface area contributed by atoms with E-state index >= 15 is 0 Å². The number of amides is 1. The van der Waals surface area contributed by atoms with Crippen molar-refractivity contribution in [3.8, 4) is 22.7 Å². The average Bonchev–Trinajstić information content (AvgIpc) is 3.40. The first-order valence-corrected chi connectivity index (χ1v) is 11.1. The lowest BCUT2D eigenvalue weighted by atomic mass is 10.1. The number of carbonyl (C=O) groups is 1. The molecule has 0 bridgehead atoms. The van der Waals surface area contributed by atoms with Crippen molar-refractivity contribution in [1.29, 1.82) is 0 Å². The lowest BCUT2D eigenvalue weighted by molar-refractivity contribution is -0.116. The molecule has 3 heterocycles. The molecule has 0 unspecified atom stereocenters. The fraction of sp³-hybridized carbons (Fsp3) is 0.280. The minimum absolute atomic E-state index is 0.0818. The van der Waals surface area contributed by atoms with Gasteiger partial charge in [-0.1, -0.05) is 48.9 Å². The third-order valence-corrected chi connectivity index (χ3v) is 5.69. The molecule has 7 heteroatoms. The van der Waals surface area contributed by atoms with Crippen LogP contribution in [0.15, 0.2) is 65.2 Å². The smallest absolute Gasteiger partial charge is 0.224 e. The van der Waals surface area contributed by atoms with Crippen molar-refractivity contribution in [3.63, 3.8) is 0 Å². The standard InChI is InChI=1S/C25H25N5O2/c31-23(13-14-24-26-17-21(32-24)18-8-3-1-4-9-18)27-20-11-7-10-19(16-20)25-29-28-22-12-5-2-6-15-30(22)25/h1,3-4,7-11,16-17H,2,5-6,12-15H2,(H,27,31). The van der Waals surface area contributed by atoms with E-state index in [1.54, 1.807) is 6.20 Å². The van der Waals surface area contributed by atoms with Gasteiger partial charge in [-0.2, -0.15) is 0 Å². The Bertz CT molecular complexity index is 1210. The summed E-state index contributed by atoms with van der Waals surface area (Å²) in [6, 6.07) is 17.6. The van der Waals surface area contributed by atoms with Gasteiger partial charge >= 0.3 is 0 Å². The molecular formula is C25H25N5O2. The minimum atomic E-state index is -0.0818. The molecule has 1 aliphatic heterocycles. The summed E-state index contributed by atoms with van der Waals surface area (Å²) in [5.74, 6) is 3.10. The van der Waals surface area contributed by atoms with Crippen LogP contribution in [0.25, 0.3) is 22.7 Å². The molecule has 4 aromatic rings. The highest BCUT2D eigenvalue weighted by molar-refractivity contribution is 5.91. The Hall–Kier alpha value is -3.74. The van der Waals surface area contributed by atoms with Gasteiger partial charge < -0.3 is 14.3 Å². The molecule has 162 valence electrons. The molecule has 5 rings (SSSR count). The largest absolute Gasteiger partial charge is 0.441 e. The fourth-order valence-corrected chi connectivity index (χ4v) is 4.04. The number of oxazole rings is 1. The number of nitrogens with one attached hydrogen (secondary N) is 1. The van der Waals surface area contributed by atoms with Crippen LogP contribution in [0.5, 0.6) is 0 Å². The number of hydrogen-bond acceptors (Lipinski definition) is 5. The average molecular weight is 428 g/mol. The molecule has 0 saturated carbocycles. The first kappa shape index (κ1) is 20.2. The number of hydrogen-bond donors (Lipinski definition) is 1. The van der Waals surface area contributed by atoms with E-state index in [0.29, 0.717) is 24.5 Å². The molecule has 2 aromatic carbocycles. The summed E-state index contributed by atoms with van der Waals surface area (Å²) in [5, 5.41) is 11.8. The Balaban J connectivity index is 1.22. The first-order valence-electron chi connectivity index (χ1n) is 11.1. The van der Waals surface area contributed by atoms with Gasteiger partial charge in [0.1, 0.15) is 5.82 Å². The van der Waals surface area contributed by atoms with E-state index in [0.717, 1.165) is 54.3 Å². The van der Waals surface area contributed by atoms with Crippen molar-refractivity contribution in [3.05, 3.63) is 72.5 Å². The molecular weight excluding hydrogens is 402 g/mol. The second-order valence-electron chi connectivity index (χ2n) is 8.02. The maximum absolute atomic E-state index is 12.5. The van der Waals surface area contributed by atoms with E-state index in [1.807, 2.05) is 54.6 Å². The van der Waals surface area contributed by atoms with Crippen LogP contribution < -0.4 is 5.32 Å². The second-order valence-corrected chi connectivity index (χ2v) is 8.02. The SMILES string of the molecule is O=C(CCc1ncc(-c2ccccc2)o1)Nc1cccc(-c2nnc3n2CCCCC3)c1. The zero-order valence-corrected chi connectivity index (χ0v) is 17.8. The number of aromatic nitrogens is 4. The summed E-state index contributed by atoms with van der Waals surface area (Å²) in [4.78, 5) is 16.8. The number of aryl methyl sites for hydroxylation is 2. The maximum atomic E-state index is 12.5. The Morgan fingerprint density at radius 3 is 2.78 bits per heavy atom. The van der Waals surface area contributed by atoms with E-state index in [9.17, 15) is 4.79 Å². The fourth-order valence-electron chi connectivity index (χ4n) is 4.04. The third-order valence-electron chi connectivity index (χ3n) is 5.69. The van der Waals surface area contributed by atoms with Crippen LogP contribution in [-0.4, -0.2) is 25.7 Å². The molecule has 1 amide bonds. The second kappa shape index (κ2) is 9.18. The third kappa shape index (κ3) is 4.46. The molecule has 0 saturated heterocycles. The Kier molecular flexibility index (Phi) is 5.79. The number of nitrogens with zero attached hydrogens (tertiary/aromatic N) is 4. The normalized spacial score (nSPS) is 13.4. The first-order chi connectivity index (χ1) is 15.8. The van der Waals surface area contributed by atoms with Crippen molar-refractivity contribution in [1.82, 2.24) is 19.7 Å². The Morgan fingerprint density at radius 1 is 1.00 bits per heavy atom. The van der Waals surface area contributed by atoms with Gasteiger partial charge in [0.05, 0.1) is 6.20 Å². The molecule has 0 aliphatic carbocycles. The van der Waals surface area contributed by atoms with Gasteiger partial charge in [-0.05, 0) is 25.0 Å². The van der Waals surface area contributed by atoms with Crippen LogP contribution in [0.4, 0.5) is 5.69 Å². The van der Waals surface area contributed by atoms with Crippen LogP contribution >= 0.6 is 0 Å². The van der Waals surface area contributed by atoms with E-state index < -0.39 is 0 Å². The van der Waals surface area contributed by atoms with Crippen molar-refractivity contribution < 1.29 is 9.21 Å². The number of benzene rings is 2. The summed E-state index contributed by atoms with van der Waals surface area (Å²) in [6.07, 6.45) is 6.92. The highest BCUT2D eigenvalue weighted by Gasteiger charge is 2.16. The van der Waals surface area contributed by atoms with Crippen LogP contribution in [0.2, 0.25) is 0 Å². The molecule has 0 atom stereocenters. The zero-order valence-electron chi connectivity index (χ0n) is 17.8. The van der Waals surface area contributed by atoms with Gasteiger partial charge in [-0.3, -0.25) is 4.79 Å². The molecule has 0 radical (unpaired) electrons. The summed E-state index contributed by atoms with van der Waals surface area (Å²) in [5.41, 5.74) is 2.68. The molecule has 1 aliphatic rings. The topological polar surface area (TPSA) is 85.8 Å². The summed E-state index contributed by atoms with van der Waals surface area (Å²) in [6.45, 7) is 0.940. The van der Waals surface area contributed by atoms with Crippen molar-refractivity contribution in [2.45, 2.75) is 45.1 Å². The molecule has 7 nitrogen and oxygen atoms in total. The minimum Gasteiger partial charge on any atom is -0.441 e. The number of fused-ring (bicyclic) bond motifs is 1. The van der Waals surface area contributed by atoms with Crippen LogP contribution in [0, 0.1) is 0 Å². The number of rotatable bonds is 6. The van der Waals surface area contributed by atoms with E-state index in [1.165, 1.54) is 6.42 Å². The Labute approximate surface area is 186 Å². The van der Waals surface area contributed by atoms with Gasteiger partial charge in [0.25, 0.3) is 0 Å². The molecule has 2 aromatic heterocycles. The number of anilines is 1. The van der Waals surface area contributed by atoms with Crippen LogP contribution in [0.3, 0.4) is 0 Å². The van der Waals surface area contributed by atoms with Gasteiger partial charge in [0.15, 0.2) is 17.5 Å². The van der Waals surface area contributed by atoms with Crippen LogP contribution in [-0.2, 0) is 24.2 Å². The van der Waals surface area contributed by atoms with Crippen LogP contribution in [0.1, 0.15) is 37.4 Å². The number of carbonyl (C=O) groups excluding carboxylic acids is 1. The van der Waals surface area contributed by atoms with Gasteiger partial charge in [0.2, 0.25) is 5.91 Å². The van der Waals surface area contributed by atoms with Crippen molar-refractivity contribution >= 4 is 11.6 Å². The lowest BCUT2D eigenvalue weighted by Gasteiger charge is -2.09. The van der Waals surface area contributed by atoms with Gasteiger partial charge in [-0.15, -0.1) is 10.2 Å². The Morgan fingerprint density at radius 2 is 1.88 bits per heavy atom. The molecule has 32 heavy (non-hydrogen) atoms. The molecule has 0 spiro atoms. The van der Waals surface area contributed by atoms with Crippen molar-refractivity contribution in [2.75, 3.05) is 5.32 Å². The van der Waals surface area contributed by atoms with Crippen molar-refractivity contribution in [2.24, 2.45) is 0 Å². The lowest BCUT2D eigenvalue weighted by Crippen LogP contribution is -2.12. The monoisotopic (exact) mass is 427 g/mol. The summed E-state index contributed by atoms with van der Waals surface area (Å²) >= 11 is 0. The zero-order chi connectivity index (χ0) is 21.8. The van der Waals surface area contributed by atoms with E-state index in [2.05, 4.69) is 25.1 Å². The maximum Gasteiger partial charge on any atom is 0.224 e. The summed E-state index contributed by atoms with van der Waals surface area (Å²) in [7, 11) is 0. The highest BCUT2D eigenvalue weighted by atomic mass is 16.4. The van der Waals surface area contributed by atoms with Gasteiger partial charge in [-0.25, -0.2) is 4.98 Å². The highest BCUT2D eigenvalue weighted by Crippen LogP contribution is 2.25. The quantitative estimate of drug-likeness (QED) is 0.473. The van der Waals surface area contributed by atoms with Gasteiger partial charge in [0, 0.05) is 42.6 Å². The summed E-state index contributed by atoms with van der Waals surface area (Å²) < 4.78 is 8.00. The molecule has 0 fully saturated rings.